The van der Waals surface area contributed by atoms with Crippen LogP contribution in [0.1, 0.15) is 142 Å². The maximum atomic E-state index is 14.4. The lowest BCUT2D eigenvalue weighted by atomic mass is 9.96. The monoisotopic (exact) mass is 1580 g/mol. The van der Waals surface area contributed by atoms with Crippen LogP contribution in [-0.4, -0.2) is 254 Å². The van der Waals surface area contributed by atoms with E-state index in [1.165, 1.54) is 6.92 Å². The molecule has 0 unspecified atom stereocenters. The maximum Gasteiger partial charge on any atom is 0.326 e. The topological polar surface area (TPSA) is 785 Å². The van der Waals surface area contributed by atoms with Crippen molar-refractivity contribution in [3.8, 4) is 0 Å². The Morgan fingerprint density at radius 1 is 0.405 bits per heavy atom. The summed E-state index contributed by atoms with van der Waals surface area (Å²) in [5.41, 5.74) is 39.1. The summed E-state index contributed by atoms with van der Waals surface area (Å²) in [4.78, 5) is 254. The molecule has 620 valence electrons. The van der Waals surface area contributed by atoms with E-state index >= 15 is 0 Å². The van der Waals surface area contributed by atoms with Gasteiger partial charge in [-0.2, -0.15) is 0 Å². The van der Waals surface area contributed by atoms with Crippen LogP contribution >= 0.6 is 0 Å². The fourth-order valence-electron chi connectivity index (χ4n) is 10.4. The number of primary amides is 2. The Labute approximate surface area is 636 Å². The molecule has 0 aliphatic rings. The molecule has 111 heavy (non-hydrogen) atoms. The van der Waals surface area contributed by atoms with Crippen molar-refractivity contribution in [2.45, 2.75) is 221 Å². The number of aliphatic hydroxyl groups excluding tert-OH is 1. The molecule has 0 saturated heterocycles. The van der Waals surface area contributed by atoms with Crippen LogP contribution < -0.4 is 104 Å². The highest BCUT2D eigenvalue weighted by atomic mass is 16.4. The van der Waals surface area contributed by atoms with Crippen LogP contribution in [0.15, 0.2) is 35.3 Å². The molecule has 45 heteroatoms. The van der Waals surface area contributed by atoms with Crippen molar-refractivity contribution in [3.05, 3.63) is 35.9 Å². The fraction of sp³-hybridized carbons (Fsp3) is 0.606. The van der Waals surface area contributed by atoms with E-state index in [0.717, 1.165) is 6.92 Å². The van der Waals surface area contributed by atoms with Crippen LogP contribution in [0, 0.1) is 5.92 Å². The van der Waals surface area contributed by atoms with Crippen molar-refractivity contribution in [3.63, 3.8) is 0 Å². The molecule has 0 heterocycles. The van der Waals surface area contributed by atoms with E-state index in [-0.39, 0.29) is 83.4 Å². The number of carbonyl (C=O) groups excluding carboxylic acids is 14. The normalized spacial score (nSPS) is 14.7. The number of rotatable bonds is 57. The Bertz CT molecular complexity index is 3420. The highest BCUT2D eigenvalue weighted by molar-refractivity contribution is 6.01. The number of carboxylic acid groups (broad SMARTS) is 5. The minimum Gasteiger partial charge on any atom is -0.481 e. The van der Waals surface area contributed by atoms with Crippen LogP contribution in [0.25, 0.3) is 0 Å². The second-order valence-electron chi connectivity index (χ2n) is 25.8. The average Bonchev–Trinajstić information content (AvgIpc) is 0.849. The van der Waals surface area contributed by atoms with Crippen LogP contribution in [-0.2, 0) is 97.5 Å². The summed E-state index contributed by atoms with van der Waals surface area (Å²) in [5.74, 6) is -25.6. The van der Waals surface area contributed by atoms with Crippen LogP contribution in [0.3, 0.4) is 0 Å². The third kappa shape index (κ3) is 39.8. The number of guanidine groups is 1. The molecule has 1 rings (SSSR count). The SMILES string of the molecule is CC[C@H](C)[C@H](NC(=O)[C@H](CCCCN)NC(=O)CNC(=O)[C@H](CC(=O)O)NC(=O)[C@H](CCC(N)=O)NC(=O)[C@H](CC(=O)O)NC(=O)[C@H](CCCCN)NC(=O)[C@@H](N)CC(=O)O)C(=O)N[C@H](C(=O)N[C@@H](CCCN=C(N)N)C(=O)N[C@@H](CCC(N)=O)C(=O)N[C@@H](CCC(=O)O)C(=O)N[C@@H](Cc1ccccc1)C(=O)O)[C@@H](C)O. The van der Waals surface area contributed by atoms with E-state index < -0.39 is 261 Å². The molecule has 0 saturated carbocycles. The number of hydrogen-bond donors (Lipinski definition) is 25. The smallest absolute Gasteiger partial charge is 0.326 e. The second-order valence-corrected chi connectivity index (χ2v) is 25.8. The standard InChI is InChI=1S/C66H106N20O25/c1-4-32(2)52(63(108)86-53(33(3)87)64(109)81-38(17-12-26-74-66(72)73)56(101)78-39(18-21-45(70)88)58(103)79-41(20-23-48(91)92)60(105)84-44(65(110)111)27-34-13-6-5-7-14-34)85-61(106)36(15-8-10-24-67)76-47(90)31-75-55(100)42(29-50(95)96)82-59(104)40(19-22-46(71)89)80-62(107)43(30-51(97)98)83-57(102)37(16-9-11-25-68)77-54(99)35(69)28-49(93)94/h5-7,13-14,32-33,35-44,52-53,87H,4,8-12,15-31,67-69H2,1-3H3,(H2,70,88)(H2,71,89)(H,75,100)(H,76,90)(H,77,99)(H,78,101)(H,79,103)(H,80,107)(H,81,109)(H,82,104)(H,83,102)(H,84,105)(H,85,106)(H,86,108)(H,91,92)(H,93,94)(H,95,96)(H,97,98)(H,110,111)(H4,72,73,74)/t32-,33+,35-,36-,37-,38-,39-,40-,41-,42-,43-,44-,52-,53-/m0/s1. The molecule has 32 N–H and O–H groups in total. The number of hydrogen-bond acceptors (Lipinski definition) is 24. The summed E-state index contributed by atoms with van der Waals surface area (Å²) in [6.45, 7) is 3.16. The minimum atomic E-state index is -2.11. The molecular formula is C66H106N20O25. The van der Waals surface area contributed by atoms with Crippen molar-refractivity contribution >= 4 is 119 Å². The van der Waals surface area contributed by atoms with Gasteiger partial charge >= 0.3 is 29.8 Å². The van der Waals surface area contributed by atoms with Crippen LogP contribution in [0.4, 0.5) is 0 Å². The van der Waals surface area contributed by atoms with Crippen molar-refractivity contribution in [1.82, 2.24) is 63.8 Å². The van der Waals surface area contributed by atoms with Gasteiger partial charge in [-0.25, -0.2) is 4.79 Å². The van der Waals surface area contributed by atoms with Gasteiger partial charge in [-0.05, 0) is 102 Å². The summed E-state index contributed by atoms with van der Waals surface area (Å²) < 4.78 is 0. The van der Waals surface area contributed by atoms with Gasteiger partial charge in [0, 0.05) is 32.2 Å². The van der Waals surface area contributed by atoms with Crippen molar-refractivity contribution in [1.29, 1.82) is 0 Å². The summed E-state index contributed by atoms with van der Waals surface area (Å²) >= 11 is 0. The van der Waals surface area contributed by atoms with Crippen LogP contribution in [0.5, 0.6) is 0 Å². The average molecular weight is 1580 g/mol. The highest BCUT2D eigenvalue weighted by Crippen LogP contribution is 2.15. The van der Waals surface area contributed by atoms with E-state index in [2.05, 4.69) is 68.8 Å². The van der Waals surface area contributed by atoms with Gasteiger partial charge in [-0.1, -0.05) is 50.6 Å². The van der Waals surface area contributed by atoms with Crippen LogP contribution in [0.2, 0.25) is 0 Å². The largest absolute Gasteiger partial charge is 0.481 e. The number of nitrogens with zero attached hydrogens (tertiary/aromatic N) is 1. The molecule has 0 aliphatic heterocycles. The Balaban J connectivity index is 3.59. The molecule has 0 aliphatic carbocycles. The first-order chi connectivity index (χ1) is 52.1. The number of unbranched alkanes of at least 4 members (excludes halogenated alkanes) is 2. The molecule has 0 radical (unpaired) electrons. The number of aliphatic carboxylic acids is 5. The number of nitrogens with one attached hydrogen (secondary N) is 12. The van der Waals surface area contributed by atoms with Gasteiger partial charge < -0.3 is 135 Å². The molecule has 14 atom stereocenters. The first-order valence-electron chi connectivity index (χ1n) is 35.4. The van der Waals surface area contributed by atoms with Gasteiger partial charge in [-0.15, -0.1) is 0 Å². The minimum absolute atomic E-state index is 0.0864. The summed E-state index contributed by atoms with van der Waals surface area (Å²) in [7, 11) is 0. The third-order valence-electron chi connectivity index (χ3n) is 16.6. The first-order valence-corrected chi connectivity index (χ1v) is 35.4. The zero-order valence-corrected chi connectivity index (χ0v) is 61.7. The number of carboxylic acids is 5. The molecule has 45 nitrogen and oxygen atoms in total. The quantitative estimate of drug-likeness (QED) is 0.0164. The van der Waals surface area contributed by atoms with E-state index in [9.17, 15) is 117 Å². The fourth-order valence-corrected chi connectivity index (χ4v) is 10.4. The molecule has 0 spiro atoms. The predicted octanol–water partition coefficient (Wildman–Crippen LogP) is -9.35. The number of carbonyl (C=O) groups is 19. The van der Waals surface area contributed by atoms with Crippen molar-refractivity contribution in [2.75, 3.05) is 26.2 Å². The molecule has 0 fully saturated rings. The summed E-state index contributed by atoms with van der Waals surface area (Å²) in [6.07, 6.45) is -9.02. The van der Waals surface area contributed by atoms with Crippen molar-refractivity contribution in [2.24, 2.45) is 51.0 Å². The van der Waals surface area contributed by atoms with Gasteiger partial charge in [0.1, 0.15) is 66.5 Å². The van der Waals surface area contributed by atoms with E-state index in [1.807, 2.05) is 0 Å². The molecule has 1 aromatic rings. The molecule has 0 aromatic heterocycles. The van der Waals surface area contributed by atoms with E-state index in [4.69, 9.17) is 45.2 Å². The van der Waals surface area contributed by atoms with Gasteiger partial charge in [0.15, 0.2) is 5.96 Å². The third-order valence-corrected chi connectivity index (χ3v) is 16.6. The molecule has 1 aromatic carbocycles. The number of nitrogens with two attached hydrogens (primary N) is 7. The lowest BCUT2D eigenvalue weighted by Gasteiger charge is -2.30. The Kier molecular flexibility index (Phi) is 45.2. The molecule has 14 amide bonds. The lowest BCUT2D eigenvalue weighted by Crippen LogP contribution is -2.62. The first kappa shape index (κ1) is 97.3. The Morgan fingerprint density at radius 3 is 1.19 bits per heavy atom. The van der Waals surface area contributed by atoms with E-state index in [0.29, 0.717) is 12.0 Å². The van der Waals surface area contributed by atoms with Crippen molar-refractivity contribution < 1.29 is 122 Å². The van der Waals surface area contributed by atoms with Gasteiger partial charge in [-0.3, -0.25) is 91.3 Å². The number of amides is 14. The predicted molar refractivity (Wildman–Crippen MR) is 387 cm³/mol. The molecular weight excluding hydrogens is 1470 g/mol. The zero-order chi connectivity index (χ0) is 84.2. The van der Waals surface area contributed by atoms with E-state index in [1.54, 1.807) is 37.3 Å². The number of aliphatic imine (C=N–C) groups is 1. The maximum absolute atomic E-state index is 14.4. The van der Waals surface area contributed by atoms with Gasteiger partial charge in [0.2, 0.25) is 82.7 Å². The number of aliphatic hydroxyl groups is 1. The molecule has 0 bridgehead atoms. The summed E-state index contributed by atoms with van der Waals surface area (Å²) in [6, 6.07) is -13.3. The Morgan fingerprint density at radius 2 is 0.775 bits per heavy atom. The summed E-state index contributed by atoms with van der Waals surface area (Å²) in [5, 5.41) is 86.3. The second kappa shape index (κ2) is 51.6. The Hall–Kier alpha value is -11.7. The number of benzene rings is 1. The van der Waals surface area contributed by atoms with Gasteiger partial charge in [0.25, 0.3) is 0 Å². The zero-order valence-electron chi connectivity index (χ0n) is 61.7. The van der Waals surface area contributed by atoms with Gasteiger partial charge in [0.05, 0.1) is 38.0 Å². The lowest BCUT2D eigenvalue weighted by molar-refractivity contribution is -0.143. The highest BCUT2D eigenvalue weighted by Gasteiger charge is 2.39.